The van der Waals surface area contributed by atoms with Crippen molar-refractivity contribution in [1.82, 2.24) is 0 Å². The molecule has 88 valence electrons. The highest BCUT2D eigenvalue weighted by Gasteiger charge is 2.06. The Bertz CT molecular complexity index is 338. The molecule has 0 amide bonds. The van der Waals surface area contributed by atoms with Crippen molar-refractivity contribution in [1.29, 1.82) is 0 Å². The number of aliphatic hydroxyl groups excluding tert-OH is 1. The van der Waals surface area contributed by atoms with Gasteiger partial charge in [0, 0.05) is 0 Å². The first-order chi connectivity index (χ1) is 7.49. The van der Waals surface area contributed by atoms with Crippen molar-refractivity contribution in [3.05, 3.63) is 42.2 Å². The molecule has 0 aromatic heterocycles. The Morgan fingerprint density at radius 3 is 2.25 bits per heavy atom. The summed E-state index contributed by atoms with van der Waals surface area (Å²) in [6, 6.07) is 7.97. The summed E-state index contributed by atoms with van der Waals surface area (Å²) in [7, 11) is 0. The van der Waals surface area contributed by atoms with Crippen molar-refractivity contribution in [3.8, 4) is 5.75 Å². The second-order valence-electron chi connectivity index (χ2n) is 4.49. The lowest BCUT2D eigenvalue weighted by atomic mass is 10.0. The number of rotatable bonds is 5. The van der Waals surface area contributed by atoms with Gasteiger partial charge in [-0.05, 0) is 37.0 Å². The molecule has 0 saturated heterocycles. The zero-order valence-electron chi connectivity index (χ0n) is 10.2. The van der Waals surface area contributed by atoms with Gasteiger partial charge >= 0.3 is 0 Å². The first-order valence-electron chi connectivity index (χ1n) is 5.62. The summed E-state index contributed by atoms with van der Waals surface area (Å²) in [5, 5.41) is 9.14. The van der Waals surface area contributed by atoms with Crippen LogP contribution in [0.2, 0.25) is 0 Å². The highest BCUT2D eigenvalue weighted by molar-refractivity contribution is 5.28. The Hall–Kier alpha value is -1.44. The average Bonchev–Trinajstić information content (AvgIpc) is 2.20. The first-order valence-corrected chi connectivity index (χ1v) is 5.62. The van der Waals surface area contributed by atoms with E-state index in [9.17, 15) is 0 Å². The summed E-state index contributed by atoms with van der Waals surface area (Å²) < 4.78 is 5.49. The fourth-order valence-electron chi connectivity index (χ4n) is 1.45. The van der Waals surface area contributed by atoms with E-state index in [-0.39, 0.29) is 11.9 Å². The van der Waals surface area contributed by atoms with Crippen LogP contribution in [0.3, 0.4) is 0 Å². The summed E-state index contributed by atoms with van der Waals surface area (Å²) in [4.78, 5) is 0. The quantitative estimate of drug-likeness (QED) is 0.766. The van der Waals surface area contributed by atoms with Gasteiger partial charge in [0.05, 0.1) is 0 Å². The standard InChI is InChI=1S/C14H20O2/c1-10(2)9-13-5-7-14(8-6-13)16-12(4)11(3)15/h5-8,10,12,15H,3,9H2,1-2,4H3. The normalized spacial score (nSPS) is 12.5. The molecule has 0 bridgehead atoms. The van der Waals surface area contributed by atoms with Gasteiger partial charge in [0.15, 0.2) is 6.10 Å². The van der Waals surface area contributed by atoms with Crippen LogP contribution in [0.4, 0.5) is 0 Å². The average molecular weight is 220 g/mol. The van der Waals surface area contributed by atoms with E-state index in [0.717, 1.165) is 12.2 Å². The van der Waals surface area contributed by atoms with Crippen LogP contribution in [-0.4, -0.2) is 11.2 Å². The van der Waals surface area contributed by atoms with E-state index in [0.29, 0.717) is 5.92 Å². The maximum absolute atomic E-state index is 9.14. The molecule has 1 aromatic rings. The van der Waals surface area contributed by atoms with E-state index < -0.39 is 0 Å². The lowest BCUT2D eigenvalue weighted by Crippen LogP contribution is -2.13. The fourth-order valence-corrected chi connectivity index (χ4v) is 1.45. The number of hydrogen-bond donors (Lipinski definition) is 1. The van der Waals surface area contributed by atoms with E-state index in [4.69, 9.17) is 9.84 Å². The predicted octanol–water partition coefficient (Wildman–Crippen LogP) is 3.72. The molecular formula is C14H20O2. The number of aliphatic hydroxyl groups is 1. The Morgan fingerprint density at radius 1 is 1.25 bits per heavy atom. The Labute approximate surface area is 97.6 Å². The Morgan fingerprint density at radius 2 is 1.81 bits per heavy atom. The fraction of sp³-hybridized carbons (Fsp3) is 0.429. The van der Waals surface area contributed by atoms with E-state index in [2.05, 4.69) is 32.6 Å². The highest BCUT2D eigenvalue weighted by Crippen LogP contribution is 2.17. The molecule has 0 spiro atoms. The largest absolute Gasteiger partial charge is 0.509 e. The van der Waals surface area contributed by atoms with Crippen LogP contribution < -0.4 is 4.74 Å². The number of ether oxygens (including phenoxy) is 1. The van der Waals surface area contributed by atoms with E-state index in [1.165, 1.54) is 5.56 Å². The molecule has 2 heteroatoms. The third-order valence-electron chi connectivity index (χ3n) is 2.35. The second-order valence-corrected chi connectivity index (χ2v) is 4.49. The minimum Gasteiger partial charge on any atom is -0.509 e. The first kappa shape index (κ1) is 12.6. The zero-order chi connectivity index (χ0) is 12.1. The van der Waals surface area contributed by atoms with Crippen molar-refractivity contribution in [2.45, 2.75) is 33.3 Å². The van der Waals surface area contributed by atoms with Crippen LogP contribution in [0, 0.1) is 5.92 Å². The van der Waals surface area contributed by atoms with Crippen LogP contribution >= 0.6 is 0 Å². The molecule has 0 fully saturated rings. The molecule has 0 aliphatic heterocycles. The molecule has 1 rings (SSSR count). The molecular weight excluding hydrogens is 200 g/mol. The Balaban J connectivity index is 2.61. The van der Waals surface area contributed by atoms with Crippen LogP contribution in [0.1, 0.15) is 26.3 Å². The third kappa shape index (κ3) is 3.97. The molecule has 0 heterocycles. The van der Waals surface area contributed by atoms with Gasteiger partial charge in [0.25, 0.3) is 0 Å². The van der Waals surface area contributed by atoms with Crippen molar-refractivity contribution < 1.29 is 9.84 Å². The van der Waals surface area contributed by atoms with E-state index >= 15 is 0 Å². The van der Waals surface area contributed by atoms with Crippen molar-refractivity contribution in [2.24, 2.45) is 5.92 Å². The minimum absolute atomic E-state index is 0.0475. The van der Waals surface area contributed by atoms with Crippen molar-refractivity contribution in [2.75, 3.05) is 0 Å². The summed E-state index contributed by atoms with van der Waals surface area (Å²) in [5.74, 6) is 1.46. The van der Waals surface area contributed by atoms with E-state index in [1.807, 2.05) is 12.1 Å². The zero-order valence-corrected chi connectivity index (χ0v) is 10.2. The van der Waals surface area contributed by atoms with Gasteiger partial charge in [-0.2, -0.15) is 0 Å². The maximum atomic E-state index is 9.14. The molecule has 1 atom stereocenters. The molecule has 2 nitrogen and oxygen atoms in total. The predicted molar refractivity (Wildman–Crippen MR) is 66.8 cm³/mol. The van der Waals surface area contributed by atoms with Crippen LogP contribution in [-0.2, 0) is 6.42 Å². The molecule has 1 N–H and O–H groups in total. The molecule has 0 aliphatic rings. The molecule has 0 radical (unpaired) electrons. The third-order valence-corrected chi connectivity index (χ3v) is 2.35. The summed E-state index contributed by atoms with van der Waals surface area (Å²) in [5.41, 5.74) is 1.30. The van der Waals surface area contributed by atoms with Gasteiger partial charge in [-0.15, -0.1) is 0 Å². The summed E-state index contributed by atoms with van der Waals surface area (Å²) >= 11 is 0. The lowest BCUT2D eigenvalue weighted by Gasteiger charge is -2.13. The van der Waals surface area contributed by atoms with Gasteiger partial charge in [-0.1, -0.05) is 32.6 Å². The van der Waals surface area contributed by atoms with Crippen LogP contribution in [0.25, 0.3) is 0 Å². The van der Waals surface area contributed by atoms with Gasteiger partial charge < -0.3 is 9.84 Å². The van der Waals surface area contributed by atoms with Gasteiger partial charge in [0.1, 0.15) is 11.5 Å². The van der Waals surface area contributed by atoms with Crippen molar-refractivity contribution in [3.63, 3.8) is 0 Å². The van der Waals surface area contributed by atoms with Gasteiger partial charge in [0.2, 0.25) is 0 Å². The van der Waals surface area contributed by atoms with Gasteiger partial charge in [-0.25, -0.2) is 0 Å². The maximum Gasteiger partial charge on any atom is 0.152 e. The van der Waals surface area contributed by atoms with Crippen LogP contribution in [0.5, 0.6) is 5.75 Å². The topological polar surface area (TPSA) is 29.5 Å². The molecule has 0 saturated carbocycles. The van der Waals surface area contributed by atoms with E-state index in [1.54, 1.807) is 6.92 Å². The molecule has 1 unspecified atom stereocenters. The summed E-state index contributed by atoms with van der Waals surface area (Å²) in [6.45, 7) is 9.60. The number of benzene rings is 1. The molecule has 1 aromatic carbocycles. The number of hydrogen-bond acceptors (Lipinski definition) is 2. The molecule has 0 aliphatic carbocycles. The monoisotopic (exact) mass is 220 g/mol. The minimum atomic E-state index is -0.365. The Kier molecular flexibility index (Phi) is 4.41. The molecule has 16 heavy (non-hydrogen) atoms. The lowest BCUT2D eigenvalue weighted by molar-refractivity contribution is 0.193. The highest BCUT2D eigenvalue weighted by atomic mass is 16.5. The second kappa shape index (κ2) is 5.59. The van der Waals surface area contributed by atoms with Crippen LogP contribution in [0.15, 0.2) is 36.6 Å². The van der Waals surface area contributed by atoms with Gasteiger partial charge in [-0.3, -0.25) is 0 Å². The van der Waals surface area contributed by atoms with Crippen molar-refractivity contribution >= 4 is 0 Å². The smallest absolute Gasteiger partial charge is 0.152 e. The summed E-state index contributed by atoms with van der Waals surface area (Å²) in [6.07, 6.45) is 0.707. The SMILES string of the molecule is C=C(O)C(C)Oc1ccc(CC(C)C)cc1.